The van der Waals surface area contributed by atoms with Crippen LogP contribution >= 0.6 is 0 Å². The van der Waals surface area contributed by atoms with Crippen molar-refractivity contribution in [3.05, 3.63) is 200 Å². The van der Waals surface area contributed by atoms with Crippen molar-refractivity contribution >= 4 is 60.5 Å². The fraction of sp³-hybridized carbons (Fsp3) is 0. The second-order valence-corrected chi connectivity index (χ2v) is 13.4. The number of rotatable bonds is 6. The van der Waals surface area contributed by atoms with E-state index in [0.717, 1.165) is 55.7 Å². The van der Waals surface area contributed by atoms with Gasteiger partial charge in [0.15, 0.2) is 0 Å². The van der Waals surface area contributed by atoms with Crippen LogP contribution in [0.15, 0.2) is 205 Å². The third-order valence-corrected chi connectivity index (χ3v) is 10.2. The second-order valence-electron chi connectivity index (χ2n) is 13.4. The Morgan fingerprint density at radius 2 is 0.846 bits per heavy atom. The van der Waals surface area contributed by atoms with E-state index in [-0.39, 0.29) is 0 Å². The van der Waals surface area contributed by atoms with E-state index in [2.05, 4.69) is 193 Å². The Labute approximate surface area is 302 Å². The van der Waals surface area contributed by atoms with Gasteiger partial charge in [-0.3, -0.25) is 0 Å². The van der Waals surface area contributed by atoms with Crippen molar-refractivity contribution in [2.45, 2.75) is 0 Å². The highest BCUT2D eigenvalue weighted by molar-refractivity contribution is 6.14. The highest BCUT2D eigenvalue weighted by atomic mass is 16.3. The smallest absolute Gasteiger partial charge is 0.137 e. The Bertz CT molecular complexity index is 2850. The zero-order valence-corrected chi connectivity index (χ0v) is 28.4. The molecule has 0 N–H and O–H groups in total. The summed E-state index contributed by atoms with van der Waals surface area (Å²) in [5.74, 6) is 0. The first-order chi connectivity index (χ1) is 25.8. The summed E-state index contributed by atoms with van der Waals surface area (Å²) in [5.41, 5.74) is 11.9. The predicted molar refractivity (Wildman–Crippen MR) is 220 cm³/mol. The largest absolute Gasteiger partial charge is 0.456 e. The Hall–Kier alpha value is -6.90. The average molecular weight is 664 g/mol. The number of furan rings is 1. The third-order valence-electron chi connectivity index (χ3n) is 10.2. The zero-order valence-electron chi connectivity index (χ0n) is 28.4. The van der Waals surface area contributed by atoms with Gasteiger partial charge in [-0.25, -0.2) is 0 Å². The van der Waals surface area contributed by atoms with Gasteiger partial charge in [-0.05, 0) is 110 Å². The maximum atomic E-state index is 6.46. The summed E-state index contributed by atoms with van der Waals surface area (Å²) in [6.07, 6.45) is 0. The molecule has 9 aromatic carbocycles. The monoisotopic (exact) mass is 663 g/mol. The molecule has 0 radical (unpaired) electrons. The number of hydrogen-bond acceptors (Lipinski definition) is 2. The summed E-state index contributed by atoms with van der Waals surface area (Å²) in [6, 6.07) is 71.8. The van der Waals surface area contributed by atoms with Gasteiger partial charge in [-0.2, -0.15) is 0 Å². The topological polar surface area (TPSA) is 16.4 Å². The average Bonchev–Trinajstić information content (AvgIpc) is 3.59. The summed E-state index contributed by atoms with van der Waals surface area (Å²) in [5, 5.41) is 7.24. The number of fused-ring (bicyclic) bond motifs is 6. The van der Waals surface area contributed by atoms with E-state index in [4.69, 9.17) is 4.42 Å². The molecule has 0 aliphatic rings. The number of hydrogen-bond donors (Lipinski definition) is 0. The van der Waals surface area contributed by atoms with Gasteiger partial charge in [0, 0.05) is 33.9 Å². The number of anilines is 3. The molecule has 0 atom stereocenters. The van der Waals surface area contributed by atoms with Crippen molar-refractivity contribution in [2.24, 2.45) is 0 Å². The van der Waals surface area contributed by atoms with Crippen LogP contribution in [0.2, 0.25) is 0 Å². The van der Waals surface area contributed by atoms with Crippen molar-refractivity contribution in [1.82, 2.24) is 0 Å². The normalized spacial score (nSPS) is 11.5. The molecule has 2 nitrogen and oxygen atoms in total. The molecule has 2 heteroatoms. The van der Waals surface area contributed by atoms with Gasteiger partial charge in [-0.15, -0.1) is 0 Å². The van der Waals surface area contributed by atoms with Gasteiger partial charge in [0.2, 0.25) is 0 Å². The molecular formula is C50H33NO. The van der Waals surface area contributed by atoms with Crippen LogP contribution in [0.4, 0.5) is 17.1 Å². The molecule has 0 amide bonds. The quantitative estimate of drug-likeness (QED) is 0.165. The van der Waals surface area contributed by atoms with E-state index in [1.807, 2.05) is 12.1 Å². The van der Waals surface area contributed by atoms with E-state index in [9.17, 15) is 0 Å². The van der Waals surface area contributed by atoms with Crippen LogP contribution in [0, 0.1) is 0 Å². The Morgan fingerprint density at radius 1 is 0.288 bits per heavy atom. The lowest BCUT2D eigenvalue weighted by atomic mass is 9.93. The first-order valence-corrected chi connectivity index (χ1v) is 17.8. The van der Waals surface area contributed by atoms with Crippen LogP contribution < -0.4 is 4.90 Å². The van der Waals surface area contributed by atoms with E-state index in [1.54, 1.807) is 0 Å². The minimum Gasteiger partial charge on any atom is -0.456 e. The summed E-state index contributed by atoms with van der Waals surface area (Å²) < 4.78 is 6.46. The SMILES string of the molecule is c1ccc(-c2cc(-c3ccccc3)cc(N(c3cccc(-c4cc5ccccc5c5ccccc45)c3)c3ccc4c(c3)oc3ccccc34)c2)cc1. The maximum absolute atomic E-state index is 6.46. The van der Waals surface area contributed by atoms with Gasteiger partial charge in [0.25, 0.3) is 0 Å². The molecule has 0 fully saturated rings. The molecule has 1 heterocycles. The number of para-hydroxylation sites is 1. The first kappa shape index (κ1) is 30.0. The Balaban J connectivity index is 1.22. The van der Waals surface area contributed by atoms with Crippen molar-refractivity contribution in [3.8, 4) is 33.4 Å². The van der Waals surface area contributed by atoms with Gasteiger partial charge in [-0.1, -0.05) is 140 Å². The summed E-state index contributed by atoms with van der Waals surface area (Å²) in [4.78, 5) is 2.37. The van der Waals surface area contributed by atoms with E-state index in [1.165, 1.54) is 38.2 Å². The standard InChI is InChI=1S/C50H33NO/c1-3-14-34(15-4-1)38-28-39(35-16-5-2-6-17-35)31-42(30-38)51(41-26-27-47-46-24-11-12-25-49(46)52-50(47)33-41)40-20-13-19-36(29-40)48-32-37-18-7-8-21-43(37)44-22-9-10-23-45(44)48/h1-33H. The Morgan fingerprint density at radius 3 is 1.60 bits per heavy atom. The van der Waals surface area contributed by atoms with Gasteiger partial charge >= 0.3 is 0 Å². The lowest BCUT2D eigenvalue weighted by Gasteiger charge is -2.27. The summed E-state index contributed by atoms with van der Waals surface area (Å²) in [7, 11) is 0. The van der Waals surface area contributed by atoms with Crippen LogP contribution in [0.5, 0.6) is 0 Å². The van der Waals surface area contributed by atoms with Gasteiger partial charge in [0.1, 0.15) is 11.2 Å². The van der Waals surface area contributed by atoms with Crippen LogP contribution in [-0.4, -0.2) is 0 Å². The summed E-state index contributed by atoms with van der Waals surface area (Å²) in [6.45, 7) is 0. The maximum Gasteiger partial charge on any atom is 0.137 e. The molecule has 0 aliphatic heterocycles. The fourth-order valence-electron chi connectivity index (χ4n) is 7.74. The first-order valence-electron chi connectivity index (χ1n) is 17.8. The van der Waals surface area contributed by atoms with Crippen LogP contribution in [0.3, 0.4) is 0 Å². The van der Waals surface area contributed by atoms with E-state index >= 15 is 0 Å². The molecular weight excluding hydrogens is 631 g/mol. The third kappa shape index (κ3) is 5.21. The number of benzene rings is 9. The molecule has 0 unspecified atom stereocenters. The molecule has 0 saturated carbocycles. The fourth-order valence-corrected chi connectivity index (χ4v) is 7.74. The molecule has 52 heavy (non-hydrogen) atoms. The molecule has 244 valence electrons. The summed E-state index contributed by atoms with van der Waals surface area (Å²) >= 11 is 0. The highest BCUT2D eigenvalue weighted by Gasteiger charge is 2.19. The molecule has 10 aromatic rings. The Kier molecular flexibility index (Phi) is 7.18. The second kappa shape index (κ2) is 12.5. The molecule has 10 rings (SSSR count). The van der Waals surface area contributed by atoms with Crippen LogP contribution in [0.25, 0.3) is 76.9 Å². The van der Waals surface area contributed by atoms with Crippen molar-refractivity contribution in [2.75, 3.05) is 4.90 Å². The lowest BCUT2D eigenvalue weighted by molar-refractivity contribution is 0.669. The zero-order chi connectivity index (χ0) is 34.4. The number of nitrogens with zero attached hydrogens (tertiary/aromatic N) is 1. The molecule has 0 bridgehead atoms. The molecule has 0 spiro atoms. The van der Waals surface area contributed by atoms with E-state index in [0.29, 0.717) is 0 Å². The molecule has 0 saturated heterocycles. The van der Waals surface area contributed by atoms with Crippen LogP contribution in [-0.2, 0) is 0 Å². The molecule has 0 aliphatic carbocycles. The minimum absolute atomic E-state index is 0.864. The minimum atomic E-state index is 0.864. The van der Waals surface area contributed by atoms with Crippen molar-refractivity contribution < 1.29 is 4.42 Å². The van der Waals surface area contributed by atoms with Gasteiger partial charge in [0.05, 0.1) is 0 Å². The van der Waals surface area contributed by atoms with Gasteiger partial charge < -0.3 is 9.32 Å². The van der Waals surface area contributed by atoms with Crippen LogP contribution in [0.1, 0.15) is 0 Å². The molecule has 1 aromatic heterocycles. The highest BCUT2D eigenvalue weighted by Crippen LogP contribution is 2.43. The predicted octanol–water partition coefficient (Wildman–Crippen LogP) is 14.4. The lowest BCUT2D eigenvalue weighted by Crippen LogP contribution is -2.10. The van der Waals surface area contributed by atoms with Crippen molar-refractivity contribution in [1.29, 1.82) is 0 Å². The van der Waals surface area contributed by atoms with E-state index < -0.39 is 0 Å². The van der Waals surface area contributed by atoms with Crippen molar-refractivity contribution in [3.63, 3.8) is 0 Å².